The summed E-state index contributed by atoms with van der Waals surface area (Å²) in [4.78, 5) is 4.27. The van der Waals surface area contributed by atoms with Gasteiger partial charge in [0.05, 0.1) is 12.0 Å². The molecule has 0 amide bonds. The van der Waals surface area contributed by atoms with Gasteiger partial charge in [-0.15, -0.1) is 0 Å². The van der Waals surface area contributed by atoms with E-state index >= 15 is 0 Å². The number of rotatable bonds is 8. The van der Waals surface area contributed by atoms with Gasteiger partial charge in [0.1, 0.15) is 0 Å². The van der Waals surface area contributed by atoms with Gasteiger partial charge in [-0.05, 0) is 19.3 Å². The Kier molecular flexibility index (Phi) is 6.41. The molecule has 2 N–H and O–H groups in total. The van der Waals surface area contributed by atoms with E-state index in [0.29, 0.717) is 12.0 Å². The van der Waals surface area contributed by atoms with Crippen LogP contribution >= 0.6 is 0 Å². The minimum Gasteiger partial charge on any atom is -0.330 e. The van der Waals surface area contributed by atoms with Crippen molar-refractivity contribution in [3.05, 3.63) is 18.2 Å². The Morgan fingerprint density at radius 1 is 1.22 bits per heavy atom. The first kappa shape index (κ1) is 15.2. The van der Waals surface area contributed by atoms with Crippen LogP contribution in [0.3, 0.4) is 0 Å². The van der Waals surface area contributed by atoms with Gasteiger partial charge < -0.3 is 10.3 Å². The van der Waals surface area contributed by atoms with Crippen molar-refractivity contribution in [1.29, 1.82) is 0 Å². The average Bonchev–Trinajstić information content (AvgIpc) is 2.82. The molecule has 3 heteroatoms. The molecule has 0 aromatic carbocycles. The second-order valence-corrected chi connectivity index (χ2v) is 5.69. The fraction of sp³-hybridized carbons (Fsp3) is 0.800. The van der Waals surface area contributed by atoms with Crippen LogP contribution in [0.4, 0.5) is 0 Å². The second-order valence-electron chi connectivity index (χ2n) is 5.69. The topological polar surface area (TPSA) is 43.8 Å². The quantitative estimate of drug-likeness (QED) is 0.708. The number of hydrogen-bond donors (Lipinski definition) is 1. The van der Waals surface area contributed by atoms with Crippen LogP contribution in [0.25, 0.3) is 0 Å². The molecule has 0 bridgehead atoms. The summed E-state index contributed by atoms with van der Waals surface area (Å²) in [5, 5.41) is 0. The summed E-state index contributed by atoms with van der Waals surface area (Å²) in [6.07, 6.45) is 10.3. The lowest BCUT2D eigenvalue weighted by Gasteiger charge is -2.22. The van der Waals surface area contributed by atoms with Crippen molar-refractivity contribution in [2.75, 3.05) is 0 Å². The van der Waals surface area contributed by atoms with E-state index in [1.807, 2.05) is 12.5 Å². The Bertz CT molecular complexity index is 330. The zero-order valence-corrected chi connectivity index (χ0v) is 12.4. The van der Waals surface area contributed by atoms with E-state index < -0.39 is 0 Å². The Morgan fingerprint density at radius 2 is 1.94 bits per heavy atom. The van der Waals surface area contributed by atoms with Crippen LogP contribution in [0.15, 0.2) is 12.5 Å². The average molecular weight is 251 g/mol. The van der Waals surface area contributed by atoms with Crippen molar-refractivity contribution in [3.8, 4) is 0 Å². The standard InChI is InChI=1S/C15H29N3/c1-5-6-7-8-9-13(4)18-11-17-10-14(18)15(16)12(2)3/h10-13,15H,5-9,16H2,1-4H3. The number of nitrogens with zero attached hydrogens (tertiary/aromatic N) is 2. The van der Waals surface area contributed by atoms with Crippen molar-refractivity contribution in [3.63, 3.8) is 0 Å². The number of hydrogen-bond acceptors (Lipinski definition) is 2. The van der Waals surface area contributed by atoms with Crippen molar-refractivity contribution < 1.29 is 0 Å². The first-order valence-corrected chi connectivity index (χ1v) is 7.35. The van der Waals surface area contributed by atoms with Crippen molar-refractivity contribution in [2.24, 2.45) is 11.7 Å². The zero-order chi connectivity index (χ0) is 13.5. The molecule has 0 aliphatic rings. The van der Waals surface area contributed by atoms with E-state index in [1.54, 1.807) is 0 Å². The largest absolute Gasteiger partial charge is 0.330 e. The highest BCUT2D eigenvalue weighted by Crippen LogP contribution is 2.24. The maximum atomic E-state index is 6.24. The molecule has 3 nitrogen and oxygen atoms in total. The van der Waals surface area contributed by atoms with Crippen molar-refractivity contribution in [1.82, 2.24) is 9.55 Å². The maximum Gasteiger partial charge on any atom is 0.0951 e. The molecule has 0 saturated carbocycles. The summed E-state index contributed by atoms with van der Waals surface area (Å²) in [6.45, 7) is 8.84. The smallest absolute Gasteiger partial charge is 0.0951 e. The fourth-order valence-corrected chi connectivity index (χ4v) is 2.29. The van der Waals surface area contributed by atoms with Gasteiger partial charge in [-0.3, -0.25) is 0 Å². The Morgan fingerprint density at radius 3 is 2.56 bits per heavy atom. The van der Waals surface area contributed by atoms with Gasteiger partial charge in [0.25, 0.3) is 0 Å². The molecule has 2 unspecified atom stereocenters. The predicted molar refractivity (Wildman–Crippen MR) is 77.5 cm³/mol. The summed E-state index contributed by atoms with van der Waals surface area (Å²) >= 11 is 0. The molecule has 1 aromatic rings. The number of nitrogens with two attached hydrogens (primary N) is 1. The van der Waals surface area contributed by atoms with Crippen LogP contribution in [0.1, 0.15) is 77.6 Å². The summed E-state index contributed by atoms with van der Waals surface area (Å²) < 4.78 is 2.26. The lowest BCUT2D eigenvalue weighted by atomic mass is 10.0. The SMILES string of the molecule is CCCCCCC(C)n1cncc1C(N)C(C)C. The third-order valence-corrected chi connectivity index (χ3v) is 3.71. The van der Waals surface area contributed by atoms with Gasteiger partial charge in [0.15, 0.2) is 0 Å². The van der Waals surface area contributed by atoms with E-state index in [2.05, 4.69) is 37.2 Å². The third kappa shape index (κ3) is 4.13. The molecule has 1 aromatic heterocycles. The first-order valence-electron chi connectivity index (χ1n) is 7.35. The van der Waals surface area contributed by atoms with Crippen LogP contribution in [0, 0.1) is 5.92 Å². The molecular weight excluding hydrogens is 222 g/mol. The van der Waals surface area contributed by atoms with Gasteiger partial charge in [0.2, 0.25) is 0 Å². The zero-order valence-electron chi connectivity index (χ0n) is 12.4. The second kappa shape index (κ2) is 7.57. The molecule has 0 aliphatic heterocycles. The van der Waals surface area contributed by atoms with Crippen LogP contribution < -0.4 is 5.73 Å². The first-order chi connectivity index (χ1) is 8.57. The van der Waals surface area contributed by atoms with Gasteiger partial charge in [-0.1, -0.05) is 46.5 Å². The molecule has 0 fully saturated rings. The van der Waals surface area contributed by atoms with E-state index in [1.165, 1.54) is 37.8 Å². The normalized spacial score (nSPS) is 15.0. The van der Waals surface area contributed by atoms with E-state index in [4.69, 9.17) is 5.73 Å². The molecule has 18 heavy (non-hydrogen) atoms. The molecule has 2 atom stereocenters. The van der Waals surface area contributed by atoms with E-state index in [-0.39, 0.29) is 6.04 Å². The molecular formula is C15H29N3. The molecule has 0 aliphatic carbocycles. The third-order valence-electron chi connectivity index (χ3n) is 3.71. The van der Waals surface area contributed by atoms with E-state index in [0.717, 1.165) is 0 Å². The number of unbranched alkanes of at least 4 members (excludes halogenated alkanes) is 3. The molecule has 1 heterocycles. The highest BCUT2D eigenvalue weighted by molar-refractivity contribution is 5.06. The fourth-order valence-electron chi connectivity index (χ4n) is 2.29. The van der Waals surface area contributed by atoms with Crippen LogP contribution in [-0.4, -0.2) is 9.55 Å². The van der Waals surface area contributed by atoms with E-state index in [9.17, 15) is 0 Å². The van der Waals surface area contributed by atoms with Gasteiger partial charge >= 0.3 is 0 Å². The summed E-state index contributed by atoms with van der Waals surface area (Å²) in [7, 11) is 0. The monoisotopic (exact) mass is 251 g/mol. The maximum absolute atomic E-state index is 6.24. The lowest BCUT2D eigenvalue weighted by Crippen LogP contribution is -2.21. The Hall–Kier alpha value is -0.830. The minimum atomic E-state index is 0.0885. The molecule has 0 radical (unpaired) electrons. The highest BCUT2D eigenvalue weighted by atomic mass is 15.1. The van der Waals surface area contributed by atoms with Gasteiger partial charge in [-0.2, -0.15) is 0 Å². The van der Waals surface area contributed by atoms with Gasteiger partial charge in [-0.25, -0.2) is 4.98 Å². The van der Waals surface area contributed by atoms with Crippen molar-refractivity contribution in [2.45, 2.75) is 71.9 Å². The Labute approximate surface area is 112 Å². The predicted octanol–water partition coefficient (Wildman–Crippen LogP) is 4.07. The lowest BCUT2D eigenvalue weighted by molar-refractivity contribution is 0.421. The molecule has 1 rings (SSSR count). The minimum absolute atomic E-state index is 0.0885. The summed E-state index contributed by atoms with van der Waals surface area (Å²) in [5.74, 6) is 0.452. The number of imidazole rings is 1. The Balaban J connectivity index is 2.57. The molecule has 104 valence electrons. The molecule has 0 spiro atoms. The summed E-state index contributed by atoms with van der Waals surface area (Å²) in [6, 6.07) is 0.592. The van der Waals surface area contributed by atoms with Crippen LogP contribution in [0.5, 0.6) is 0 Å². The van der Waals surface area contributed by atoms with Crippen LogP contribution in [0.2, 0.25) is 0 Å². The summed E-state index contributed by atoms with van der Waals surface area (Å²) in [5.41, 5.74) is 7.41. The van der Waals surface area contributed by atoms with Gasteiger partial charge in [0, 0.05) is 18.3 Å². The number of aromatic nitrogens is 2. The van der Waals surface area contributed by atoms with Crippen LogP contribution in [-0.2, 0) is 0 Å². The highest BCUT2D eigenvalue weighted by Gasteiger charge is 2.17. The van der Waals surface area contributed by atoms with Crippen molar-refractivity contribution >= 4 is 0 Å². The molecule has 0 saturated heterocycles.